The number of benzene rings is 2. The normalized spacial score (nSPS) is 10.5. The van der Waals surface area contributed by atoms with Crippen LogP contribution in [-0.2, 0) is 11.8 Å². The summed E-state index contributed by atoms with van der Waals surface area (Å²) in [7, 11) is 0. The fourth-order valence-corrected chi connectivity index (χ4v) is 1.87. The maximum absolute atomic E-state index is 2.22. The van der Waals surface area contributed by atoms with E-state index in [2.05, 4.69) is 88.4 Å². The molecule has 0 amide bonds. The van der Waals surface area contributed by atoms with E-state index in [9.17, 15) is 0 Å². The summed E-state index contributed by atoms with van der Waals surface area (Å²) in [4.78, 5) is 0. The molecule has 2 rings (SSSR count). The molecule has 0 spiro atoms. The second-order valence-electron chi connectivity index (χ2n) is 5.85. The maximum Gasteiger partial charge on any atom is -0.0132 e. The van der Waals surface area contributed by atoms with Crippen LogP contribution in [0.15, 0.2) is 60.7 Å². The lowest BCUT2D eigenvalue weighted by Gasteiger charge is -2.18. The van der Waals surface area contributed by atoms with Crippen LogP contribution in [-0.4, -0.2) is 0 Å². The van der Waals surface area contributed by atoms with Crippen LogP contribution in [0, 0.1) is 0 Å². The summed E-state index contributed by atoms with van der Waals surface area (Å²) >= 11 is 0. The summed E-state index contributed by atoms with van der Waals surface area (Å²) in [5, 5.41) is 0. The Hall–Kier alpha value is -1.56. The molecule has 0 radical (unpaired) electrons. The number of aryl methyl sites for hydroxylation is 1. The third-order valence-electron chi connectivity index (χ3n) is 3.02. The van der Waals surface area contributed by atoms with Crippen LogP contribution >= 0.6 is 0 Å². The molecule has 0 saturated carbocycles. The van der Waals surface area contributed by atoms with Crippen LogP contribution in [0.2, 0.25) is 0 Å². The van der Waals surface area contributed by atoms with Gasteiger partial charge in [-0.1, -0.05) is 94.8 Å². The van der Waals surface area contributed by atoms with Gasteiger partial charge in [-0.3, -0.25) is 0 Å². The SMILES string of the molecule is CC(C)(C)c1ccccc1.CCCc1ccccc1. The zero-order valence-electron chi connectivity index (χ0n) is 12.7. The Labute approximate surface area is 118 Å². The zero-order valence-corrected chi connectivity index (χ0v) is 12.7. The fraction of sp³-hybridized carbons (Fsp3) is 0.368. The van der Waals surface area contributed by atoms with Crippen molar-refractivity contribution in [2.75, 3.05) is 0 Å². The van der Waals surface area contributed by atoms with Crippen molar-refractivity contribution in [3.05, 3.63) is 71.8 Å². The highest BCUT2D eigenvalue weighted by Gasteiger charge is 2.11. The van der Waals surface area contributed by atoms with Gasteiger partial charge in [0.15, 0.2) is 0 Å². The van der Waals surface area contributed by atoms with Crippen LogP contribution in [0.5, 0.6) is 0 Å². The Bertz CT molecular complexity index is 434. The minimum absolute atomic E-state index is 0.293. The van der Waals surface area contributed by atoms with Gasteiger partial charge < -0.3 is 0 Å². The molecular weight excluding hydrogens is 228 g/mol. The molecule has 0 nitrogen and oxygen atoms in total. The van der Waals surface area contributed by atoms with Gasteiger partial charge in [-0.05, 0) is 23.0 Å². The second kappa shape index (κ2) is 7.78. The van der Waals surface area contributed by atoms with Crippen LogP contribution in [0.4, 0.5) is 0 Å². The first-order valence-electron chi connectivity index (χ1n) is 7.13. The van der Waals surface area contributed by atoms with Gasteiger partial charge in [0, 0.05) is 0 Å². The van der Waals surface area contributed by atoms with Gasteiger partial charge in [0.25, 0.3) is 0 Å². The zero-order chi connectivity index (χ0) is 14.1. The summed E-state index contributed by atoms with van der Waals surface area (Å²) in [6.45, 7) is 8.88. The topological polar surface area (TPSA) is 0 Å². The lowest BCUT2D eigenvalue weighted by atomic mass is 9.87. The fourth-order valence-electron chi connectivity index (χ4n) is 1.87. The second-order valence-corrected chi connectivity index (χ2v) is 5.85. The molecule has 0 aliphatic carbocycles. The average molecular weight is 254 g/mol. The predicted molar refractivity (Wildman–Crippen MR) is 85.6 cm³/mol. The van der Waals surface area contributed by atoms with Gasteiger partial charge >= 0.3 is 0 Å². The third kappa shape index (κ3) is 6.24. The molecule has 0 heteroatoms. The van der Waals surface area contributed by atoms with Crippen molar-refractivity contribution >= 4 is 0 Å². The lowest BCUT2D eigenvalue weighted by Crippen LogP contribution is -2.10. The first-order valence-corrected chi connectivity index (χ1v) is 7.13. The molecule has 2 aromatic carbocycles. The average Bonchev–Trinajstić information content (AvgIpc) is 2.41. The van der Waals surface area contributed by atoms with E-state index in [1.54, 1.807) is 0 Å². The molecule has 0 aromatic heterocycles. The Morgan fingerprint density at radius 2 is 1.21 bits per heavy atom. The summed E-state index contributed by atoms with van der Waals surface area (Å²) in [5.74, 6) is 0. The smallest absolute Gasteiger partial charge is 0.0132 e. The number of rotatable bonds is 2. The summed E-state index contributed by atoms with van der Waals surface area (Å²) < 4.78 is 0. The first-order chi connectivity index (χ1) is 9.04. The van der Waals surface area contributed by atoms with Crippen molar-refractivity contribution in [2.45, 2.75) is 46.0 Å². The van der Waals surface area contributed by atoms with Gasteiger partial charge in [-0.2, -0.15) is 0 Å². The Morgan fingerprint density at radius 1 is 0.737 bits per heavy atom. The maximum atomic E-state index is 2.22. The molecule has 0 fully saturated rings. The quantitative estimate of drug-likeness (QED) is 0.652. The van der Waals surface area contributed by atoms with Crippen LogP contribution in [0.25, 0.3) is 0 Å². The molecule has 2 aromatic rings. The summed E-state index contributed by atoms with van der Waals surface area (Å²) in [6.07, 6.45) is 2.45. The molecule has 0 unspecified atom stereocenters. The molecule has 0 aliphatic rings. The van der Waals surface area contributed by atoms with E-state index < -0.39 is 0 Å². The number of hydrogen-bond acceptors (Lipinski definition) is 0. The monoisotopic (exact) mass is 254 g/mol. The van der Waals surface area contributed by atoms with Crippen molar-refractivity contribution in [3.63, 3.8) is 0 Å². The van der Waals surface area contributed by atoms with Gasteiger partial charge in [0.1, 0.15) is 0 Å². The van der Waals surface area contributed by atoms with Crippen molar-refractivity contribution < 1.29 is 0 Å². The highest BCUT2D eigenvalue weighted by atomic mass is 14.2. The van der Waals surface area contributed by atoms with E-state index in [-0.39, 0.29) is 0 Å². The minimum Gasteiger partial charge on any atom is -0.0651 e. The van der Waals surface area contributed by atoms with Gasteiger partial charge in [0.05, 0.1) is 0 Å². The van der Waals surface area contributed by atoms with Crippen molar-refractivity contribution in [1.82, 2.24) is 0 Å². The van der Waals surface area contributed by atoms with Crippen LogP contribution in [0.1, 0.15) is 45.2 Å². The highest BCUT2D eigenvalue weighted by Crippen LogP contribution is 2.20. The summed E-state index contributed by atoms with van der Waals surface area (Å²) in [5.41, 5.74) is 3.14. The lowest BCUT2D eigenvalue weighted by molar-refractivity contribution is 0.590. The van der Waals surface area contributed by atoms with Crippen LogP contribution in [0.3, 0.4) is 0 Å². The van der Waals surface area contributed by atoms with E-state index >= 15 is 0 Å². The molecule has 0 atom stereocenters. The molecule has 0 N–H and O–H groups in total. The molecule has 102 valence electrons. The third-order valence-corrected chi connectivity index (χ3v) is 3.02. The van der Waals surface area contributed by atoms with Crippen molar-refractivity contribution in [1.29, 1.82) is 0 Å². The molecule has 0 heterocycles. The Morgan fingerprint density at radius 3 is 1.58 bits per heavy atom. The van der Waals surface area contributed by atoms with Crippen molar-refractivity contribution in [3.8, 4) is 0 Å². The summed E-state index contributed by atoms with van der Waals surface area (Å²) in [6, 6.07) is 21.1. The van der Waals surface area contributed by atoms with Gasteiger partial charge in [-0.25, -0.2) is 0 Å². The molecule has 0 saturated heterocycles. The molecular formula is C19H26. The molecule has 0 bridgehead atoms. The van der Waals surface area contributed by atoms with Gasteiger partial charge in [0.2, 0.25) is 0 Å². The largest absolute Gasteiger partial charge is 0.0651 e. The van der Waals surface area contributed by atoms with Gasteiger partial charge in [-0.15, -0.1) is 0 Å². The predicted octanol–water partition coefficient (Wildman–Crippen LogP) is 5.62. The molecule has 0 aliphatic heterocycles. The van der Waals surface area contributed by atoms with E-state index in [1.807, 2.05) is 0 Å². The van der Waals surface area contributed by atoms with E-state index in [4.69, 9.17) is 0 Å². The van der Waals surface area contributed by atoms with E-state index in [0.717, 1.165) is 0 Å². The van der Waals surface area contributed by atoms with Crippen molar-refractivity contribution in [2.24, 2.45) is 0 Å². The van der Waals surface area contributed by atoms with E-state index in [0.29, 0.717) is 5.41 Å². The minimum atomic E-state index is 0.293. The van der Waals surface area contributed by atoms with E-state index in [1.165, 1.54) is 24.0 Å². The Kier molecular flexibility index (Phi) is 6.35. The first kappa shape index (κ1) is 15.5. The van der Waals surface area contributed by atoms with Crippen LogP contribution < -0.4 is 0 Å². The number of hydrogen-bond donors (Lipinski definition) is 0. The standard InChI is InChI=1S/C10H14.C9H12/c1-10(2,3)9-7-5-4-6-8-9;1-2-6-9-7-4-3-5-8-9/h4-8H,1-3H3;3-5,7-8H,2,6H2,1H3. The molecule has 19 heavy (non-hydrogen) atoms. The Balaban J connectivity index is 0.000000191. The highest BCUT2D eigenvalue weighted by molar-refractivity contribution is 5.22.